The second kappa shape index (κ2) is 6.44. The number of aryl methyl sites for hydroxylation is 2. The van der Waals surface area contributed by atoms with Crippen LogP contribution in [0.1, 0.15) is 44.2 Å². The number of hydrogen-bond donors (Lipinski definition) is 1. The van der Waals surface area contributed by atoms with Gasteiger partial charge in [0.25, 0.3) is 0 Å². The second-order valence-electron chi connectivity index (χ2n) is 5.70. The summed E-state index contributed by atoms with van der Waals surface area (Å²) in [5.74, 6) is 0. The molecule has 0 amide bonds. The molecule has 0 heterocycles. The molecule has 0 spiro atoms. The summed E-state index contributed by atoms with van der Waals surface area (Å²) in [4.78, 5) is 0. The van der Waals surface area contributed by atoms with Crippen LogP contribution in [0, 0.1) is 30.6 Å². The Balaban J connectivity index is 2.30. The van der Waals surface area contributed by atoms with E-state index in [2.05, 4.69) is 43.4 Å². The number of rotatable bonds is 6. The maximum absolute atomic E-state index is 8.93. The van der Waals surface area contributed by atoms with Crippen molar-refractivity contribution < 1.29 is 0 Å². The lowest BCUT2D eigenvalue weighted by atomic mass is 9.89. The molecular weight excluding hydrogens is 220 g/mol. The van der Waals surface area contributed by atoms with Crippen molar-refractivity contribution in [3.63, 3.8) is 0 Å². The van der Waals surface area contributed by atoms with Gasteiger partial charge in [-0.1, -0.05) is 18.6 Å². The largest absolute Gasteiger partial charge is 0.385 e. The first-order valence-corrected chi connectivity index (χ1v) is 6.67. The fourth-order valence-corrected chi connectivity index (χ4v) is 1.90. The van der Waals surface area contributed by atoms with Gasteiger partial charge in [0, 0.05) is 12.2 Å². The van der Waals surface area contributed by atoms with Crippen molar-refractivity contribution in [1.82, 2.24) is 0 Å². The fraction of sp³-hybridized carbons (Fsp3) is 0.562. The SMILES string of the molecule is Cc1ccc(C)c(NCCCCC(C)(C)C#N)c1. The van der Waals surface area contributed by atoms with Crippen molar-refractivity contribution in [2.45, 2.75) is 47.0 Å². The van der Waals surface area contributed by atoms with Crippen LogP contribution in [0.4, 0.5) is 5.69 Å². The molecule has 1 aromatic carbocycles. The number of anilines is 1. The van der Waals surface area contributed by atoms with Gasteiger partial charge in [0.15, 0.2) is 0 Å². The van der Waals surface area contributed by atoms with Gasteiger partial charge in [-0.3, -0.25) is 0 Å². The molecule has 1 N–H and O–H groups in total. The van der Waals surface area contributed by atoms with Crippen molar-refractivity contribution in [1.29, 1.82) is 5.26 Å². The van der Waals surface area contributed by atoms with Gasteiger partial charge in [-0.25, -0.2) is 0 Å². The Bertz CT molecular complexity index is 427. The van der Waals surface area contributed by atoms with Crippen LogP contribution < -0.4 is 5.32 Å². The average molecular weight is 244 g/mol. The molecule has 1 rings (SSSR count). The van der Waals surface area contributed by atoms with Gasteiger partial charge >= 0.3 is 0 Å². The predicted molar refractivity (Wildman–Crippen MR) is 77.7 cm³/mol. The first kappa shape index (κ1) is 14.6. The average Bonchev–Trinajstić information content (AvgIpc) is 2.33. The highest BCUT2D eigenvalue weighted by atomic mass is 14.9. The molecule has 0 aromatic heterocycles. The Labute approximate surface area is 111 Å². The van der Waals surface area contributed by atoms with E-state index in [1.54, 1.807) is 0 Å². The Hall–Kier alpha value is -1.49. The lowest BCUT2D eigenvalue weighted by Crippen LogP contribution is -2.09. The minimum atomic E-state index is -0.181. The van der Waals surface area contributed by atoms with Crippen LogP contribution >= 0.6 is 0 Å². The smallest absolute Gasteiger partial charge is 0.0683 e. The molecular formula is C16H24N2. The zero-order valence-corrected chi connectivity index (χ0v) is 12.0. The summed E-state index contributed by atoms with van der Waals surface area (Å²) in [5, 5.41) is 12.4. The van der Waals surface area contributed by atoms with Gasteiger partial charge in [0.1, 0.15) is 0 Å². The lowest BCUT2D eigenvalue weighted by Gasteiger charge is -2.15. The minimum Gasteiger partial charge on any atom is -0.385 e. The van der Waals surface area contributed by atoms with E-state index < -0.39 is 0 Å². The zero-order chi connectivity index (χ0) is 13.6. The predicted octanol–water partition coefficient (Wildman–Crippen LogP) is 4.44. The monoisotopic (exact) mass is 244 g/mol. The molecule has 98 valence electrons. The summed E-state index contributed by atoms with van der Waals surface area (Å²) < 4.78 is 0. The molecule has 2 nitrogen and oxygen atoms in total. The van der Waals surface area contributed by atoms with Gasteiger partial charge in [-0.15, -0.1) is 0 Å². The van der Waals surface area contributed by atoms with E-state index in [9.17, 15) is 0 Å². The molecule has 0 bridgehead atoms. The third-order valence-corrected chi connectivity index (χ3v) is 3.24. The Morgan fingerprint density at radius 3 is 2.61 bits per heavy atom. The van der Waals surface area contributed by atoms with E-state index in [1.165, 1.54) is 16.8 Å². The van der Waals surface area contributed by atoms with E-state index in [-0.39, 0.29) is 5.41 Å². The highest BCUT2D eigenvalue weighted by molar-refractivity contribution is 5.52. The van der Waals surface area contributed by atoms with Crippen molar-refractivity contribution >= 4 is 5.69 Å². The molecule has 2 heteroatoms. The molecule has 0 saturated carbocycles. The van der Waals surface area contributed by atoms with Crippen LogP contribution in [0.2, 0.25) is 0 Å². The molecule has 1 aromatic rings. The van der Waals surface area contributed by atoms with Gasteiger partial charge in [-0.05, 0) is 57.7 Å². The molecule has 0 atom stereocenters. The van der Waals surface area contributed by atoms with E-state index in [4.69, 9.17) is 5.26 Å². The molecule has 0 fully saturated rings. The van der Waals surface area contributed by atoms with Crippen LogP contribution in [0.15, 0.2) is 18.2 Å². The van der Waals surface area contributed by atoms with Gasteiger partial charge < -0.3 is 5.32 Å². The Morgan fingerprint density at radius 1 is 1.22 bits per heavy atom. The summed E-state index contributed by atoms with van der Waals surface area (Å²) in [6.45, 7) is 9.22. The Kier molecular flexibility index (Phi) is 5.22. The summed E-state index contributed by atoms with van der Waals surface area (Å²) in [6, 6.07) is 8.82. The van der Waals surface area contributed by atoms with Crippen LogP contribution in [0.25, 0.3) is 0 Å². The Morgan fingerprint density at radius 2 is 1.94 bits per heavy atom. The maximum Gasteiger partial charge on any atom is 0.0683 e. The second-order valence-corrected chi connectivity index (χ2v) is 5.70. The van der Waals surface area contributed by atoms with Crippen LogP contribution in [0.5, 0.6) is 0 Å². The number of nitrogens with one attached hydrogen (secondary N) is 1. The van der Waals surface area contributed by atoms with E-state index in [1.807, 2.05) is 13.8 Å². The number of benzene rings is 1. The van der Waals surface area contributed by atoms with Crippen molar-refractivity contribution in [2.75, 3.05) is 11.9 Å². The van der Waals surface area contributed by atoms with E-state index >= 15 is 0 Å². The third kappa shape index (κ3) is 4.79. The summed E-state index contributed by atoms with van der Waals surface area (Å²) >= 11 is 0. The van der Waals surface area contributed by atoms with Gasteiger partial charge in [-0.2, -0.15) is 5.26 Å². The zero-order valence-electron chi connectivity index (χ0n) is 12.0. The number of nitrogens with zero attached hydrogens (tertiary/aromatic N) is 1. The minimum absolute atomic E-state index is 0.181. The lowest BCUT2D eigenvalue weighted by molar-refractivity contribution is 0.430. The maximum atomic E-state index is 8.93. The summed E-state index contributed by atoms with van der Waals surface area (Å²) in [6.07, 6.45) is 3.18. The molecule has 0 radical (unpaired) electrons. The van der Waals surface area contributed by atoms with E-state index in [0.717, 1.165) is 25.8 Å². The molecule has 0 aliphatic carbocycles. The molecule has 18 heavy (non-hydrogen) atoms. The van der Waals surface area contributed by atoms with Crippen LogP contribution in [-0.4, -0.2) is 6.54 Å². The third-order valence-electron chi connectivity index (χ3n) is 3.24. The van der Waals surface area contributed by atoms with Gasteiger partial charge in [0.2, 0.25) is 0 Å². The van der Waals surface area contributed by atoms with Crippen LogP contribution in [0.3, 0.4) is 0 Å². The van der Waals surface area contributed by atoms with Crippen molar-refractivity contribution in [2.24, 2.45) is 5.41 Å². The topological polar surface area (TPSA) is 35.8 Å². The highest BCUT2D eigenvalue weighted by Crippen LogP contribution is 2.22. The van der Waals surface area contributed by atoms with Crippen LogP contribution in [-0.2, 0) is 0 Å². The number of nitriles is 1. The molecule has 0 aliphatic rings. The first-order chi connectivity index (χ1) is 8.44. The highest BCUT2D eigenvalue weighted by Gasteiger charge is 2.15. The quantitative estimate of drug-likeness (QED) is 0.751. The molecule has 0 saturated heterocycles. The molecule has 0 unspecified atom stereocenters. The van der Waals surface area contributed by atoms with E-state index in [0.29, 0.717) is 0 Å². The standard InChI is InChI=1S/C16H24N2/c1-13-7-8-14(2)15(11-13)18-10-6-5-9-16(3,4)12-17/h7-8,11,18H,5-6,9-10H2,1-4H3. The first-order valence-electron chi connectivity index (χ1n) is 6.67. The molecule has 0 aliphatic heterocycles. The normalized spacial score (nSPS) is 11.1. The number of hydrogen-bond acceptors (Lipinski definition) is 2. The van der Waals surface area contributed by atoms with Crippen molar-refractivity contribution in [3.8, 4) is 6.07 Å². The van der Waals surface area contributed by atoms with Crippen molar-refractivity contribution in [3.05, 3.63) is 29.3 Å². The summed E-state index contributed by atoms with van der Waals surface area (Å²) in [5.41, 5.74) is 3.63. The van der Waals surface area contributed by atoms with Gasteiger partial charge in [0.05, 0.1) is 11.5 Å². The summed E-state index contributed by atoms with van der Waals surface area (Å²) in [7, 11) is 0. The fourth-order valence-electron chi connectivity index (χ4n) is 1.90. The number of unbranched alkanes of at least 4 members (excludes halogenated alkanes) is 1.